The van der Waals surface area contributed by atoms with Crippen LogP contribution < -0.4 is 20.9 Å². The molecule has 0 spiro atoms. The van der Waals surface area contributed by atoms with E-state index in [1.54, 1.807) is 20.8 Å². The number of ether oxygens (including phenoxy) is 1. The SMILES string of the molecule is COc1ccc(C(=O)NNC(=O)C(=O)NC(C)(C)C)cc1[N+](=O)[O-]. The maximum atomic E-state index is 11.9. The van der Waals surface area contributed by atoms with E-state index in [9.17, 15) is 24.5 Å². The second kappa shape index (κ2) is 7.40. The van der Waals surface area contributed by atoms with E-state index in [2.05, 4.69) is 5.32 Å². The van der Waals surface area contributed by atoms with E-state index in [4.69, 9.17) is 4.74 Å². The van der Waals surface area contributed by atoms with E-state index in [-0.39, 0.29) is 11.3 Å². The number of carbonyl (C=O) groups is 3. The van der Waals surface area contributed by atoms with Crippen molar-refractivity contribution in [1.82, 2.24) is 16.2 Å². The monoisotopic (exact) mass is 338 g/mol. The molecule has 24 heavy (non-hydrogen) atoms. The zero-order valence-corrected chi connectivity index (χ0v) is 13.6. The number of nitro benzene ring substituents is 1. The first-order valence-electron chi connectivity index (χ1n) is 6.80. The minimum absolute atomic E-state index is 0.00913. The summed E-state index contributed by atoms with van der Waals surface area (Å²) >= 11 is 0. The van der Waals surface area contributed by atoms with Crippen LogP contribution in [0.2, 0.25) is 0 Å². The first-order chi connectivity index (χ1) is 11.0. The van der Waals surface area contributed by atoms with Crippen LogP contribution in [0.15, 0.2) is 18.2 Å². The summed E-state index contributed by atoms with van der Waals surface area (Å²) in [6.07, 6.45) is 0. The van der Waals surface area contributed by atoms with E-state index < -0.39 is 33.9 Å². The molecule has 0 aliphatic heterocycles. The number of nitrogens with zero attached hydrogens (tertiary/aromatic N) is 1. The molecule has 3 N–H and O–H groups in total. The van der Waals surface area contributed by atoms with Gasteiger partial charge in [0, 0.05) is 17.2 Å². The zero-order valence-electron chi connectivity index (χ0n) is 13.6. The van der Waals surface area contributed by atoms with Crippen molar-refractivity contribution in [3.63, 3.8) is 0 Å². The van der Waals surface area contributed by atoms with Crippen molar-refractivity contribution in [2.75, 3.05) is 7.11 Å². The number of nitrogens with one attached hydrogen (secondary N) is 3. The topological polar surface area (TPSA) is 140 Å². The van der Waals surface area contributed by atoms with Gasteiger partial charge in [-0.3, -0.25) is 35.3 Å². The molecule has 0 bridgehead atoms. The smallest absolute Gasteiger partial charge is 0.327 e. The Kier molecular flexibility index (Phi) is 5.82. The number of methoxy groups -OCH3 is 1. The third-order valence-electron chi connectivity index (χ3n) is 2.62. The van der Waals surface area contributed by atoms with Gasteiger partial charge in [-0.2, -0.15) is 0 Å². The van der Waals surface area contributed by atoms with Crippen LogP contribution in [0, 0.1) is 10.1 Å². The van der Waals surface area contributed by atoms with Crippen LogP contribution in [-0.2, 0) is 9.59 Å². The second-order valence-corrected chi connectivity index (χ2v) is 5.76. The summed E-state index contributed by atoms with van der Waals surface area (Å²) in [5.74, 6) is -2.83. The summed E-state index contributed by atoms with van der Waals surface area (Å²) in [5, 5.41) is 13.3. The largest absolute Gasteiger partial charge is 0.490 e. The molecule has 0 unspecified atom stereocenters. The summed E-state index contributed by atoms with van der Waals surface area (Å²) in [6.45, 7) is 5.06. The van der Waals surface area contributed by atoms with E-state index in [1.807, 2.05) is 10.9 Å². The summed E-state index contributed by atoms with van der Waals surface area (Å²) in [6, 6.07) is 3.53. The fraction of sp³-hybridized carbons (Fsp3) is 0.357. The Morgan fingerprint density at radius 2 is 1.75 bits per heavy atom. The van der Waals surface area contributed by atoms with E-state index >= 15 is 0 Å². The maximum Gasteiger partial charge on any atom is 0.327 e. The molecule has 1 aromatic carbocycles. The Morgan fingerprint density at radius 1 is 1.12 bits per heavy atom. The fourth-order valence-corrected chi connectivity index (χ4v) is 1.61. The lowest BCUT2D eigenvalue weighted by Crippen LogP contribution is -2.52. The lowest BCUT2D eigenvalue weighted by atomic mass is 10.1. The lowest BCUT2D eigenvalue weighted by molar-refractivity contribution is -0.385. The molecular weight excluding hydrogens is 320 g/mol. The number of rotatable bonds is 3. The highest BCUT2D eigenvalue weighted by atomic mass is 16.6. The molecule has 0 radical (unpaired) electrons. The van der Waals surface area contributed by atoms with Gasteiger partial charge in [0.25, 0.3) is 5.91 Å². The molecule has 0 aliphatic rings. The minimum Gasteiger partial charge on any atom is -0.490 e. The molecule has 0 saturated heterocycles. The molecule has 10 nitrogen and oxygen atoms in total. The van der Waals surface area contributed by atoms with Crippen LogP contribution in [0.4, 0.5) is 5.69 Å². The number of carbonyl (C=O) groups excluding carboxylic acids is 3. The molecule has 10 heteroatoms. The number of benzene rings is 1. The molecule has 0 fully saturated rings. The average molecular weight is 338 g/mol. The standard InChI is InChI=1S/C14H18N4O6/c1-14(2,3)15-12(20)13(21)17-16-11(19)8-5-6-10(24-4)9(7-8)18(22)23/h5-7H,1-4H3,(H,15,20)(H,16,19)(H,17,21). The van der Waals surface area contributed by atoms with E-state index in [0.29, 0.717) is 0 Å². The number of hydrazine groups is 1. The first kappa shape index (κ1) is 18.9. The van der Waals surface area contributed by atoms with Crippen LogP contribution in [0.1, 0.15) is 31.1 Å². The van der Waals surface area contributed by atoms with Crippen LogP contribution in [0.3, 0.4) is 0 Å². The van der Waals surface area contributed by atoms with E-state index in [1.165, 1.54) is 19.2 Å². The van der Waals surface area contributed by atoms with Crippen LogP contribution >= 0.6 is 0 Å². The molecule has 3 amide bonds. The van der Waals surface area contributed by atoms with Crippen molar-refractivity contribution in [2.45, 2.75) is 26.3 Å². The maximum absolute atomic E-state index is 11.9. The molecule has 0 aromatic heterocycles. The Hall–Kier alpha value is -3.17. The Labute approximate surface area is 137 Å². The highest BCUT2D eigenvalue weighted by Crippen LogP contribution is 2.27. The van der Waals surface area contributed by atoms with Gasteiger partial charge in [0.2, 0.25) is 0 Å². The molecule has 0 saturated carbocycles. The van der Waals surface area contributed by atoms with Crippen LogP contribution in [-0.4, -0.2) is 35.3 Å². The number of nitro groups is 1. The van der Waals surface area contributed by atoms with Crippen molar-refractivity contribution < 1.29 is 24.0 Å². The zero-order chi connectivity index (χ0) is 18.5. The molecule has 130 valence electrons. The van der Waals surface area contributed by atoms with Gasteiger partial charge in [0.05, 0.1) is 12.0 Å². The van der Waals surface area contributed by atoms with Crippen LogP contribution in [0.5, 0.6) is 5.75 Å². The Balaban J connectivity index is 2.75. The number of amides is 3. The van der Waals surface area contributed by atoms with E-state index in [0.717, 1.165) is 6.07 Å². The minimum atomic E-state index is -1.07. The average Bonchev–Trinajstić information content (AvgIpc) is 2.49. The third kappa shape index (κ3) is 5.23. The summed E-state index contributed by atoms with van der Waals surface area (Å²) in [7, 11) is 1.26. The van der Waals surface area contributed by atoms with Gasteiger partial charge in [0.1, 0.15) is 0 Å². The highest BCUT2D eigenvalue weighted by Gasteiger charge is 2.22. The van der Waals surface area contributed by atoms with Crippen molar-refractivity contribution in [3.05, 3.63) is 33.9 Å². The number of hydrogen-bond acceptors (Lipinski definition) is 6. The van der Waals surface area contributed by atoms with Crippen LogP contribution in [0.25, 0.3) is 0 Å². The van der Waals surface area contributed by atoms with Gasteiger partial charge in [-0.15, -0.1) is 0 Å². The fourth-order valence-electron chi connectivity index (χ4n) is 1.61. The van der Waals surface area contributed by atoms with Gasteiger partial charge in [-0.05, 0) is 32.9 Å². The van der Waals surface area contributed by atoms with Crippen molar-refractivity contribution in [2.24, 2.45) is 0 Å². The normalized spacial score (nSPS) is 10.5. The first-order valence-corrected chi connectivity index (χ1v) is 6.80. The summed E-state index contributed by atoms with van der Waals surface area (Å²) in [5.41, 5.74) is 2.83. The third-order valence-corrected chi connectivity index (χ3v) is 2.62. The lowest BCUT2D eigenvalue weighted by Gasteiger charge is -2.19. The summed E-state index contributed by atoms with van der Waals surface area (Å²) < 4.78 is 4.82. The second-order valence-electron chi connectivity index (χ2n) is 5.76. The highest BCUT2D eigenvalue weighted by molar-refractivity contribution is 6.35. The molecule has 0 heterocycles. The van der Waals surface area contributed by atoms with Crippen molar-refractivity contribution in [1.29, 1.82) is 0 Å². The van der Waals surface area contributed by atoms with Gasteiger partial charge in [0.15, 0.2) is 5.75 Å². The summed E-state index contributed by atoms with van der Waals surface area (Å²) in [4.78, 5) is 45.2. The number of hydrogen-bond donors (Lipinski definition) is 3. The van der Waals surface area contributed by atoms with Crippen molar-refractivity contribution >= 4 is 23.4 Å². The molecule has 0 atom stereocenters. The van der Waals surface area contributed by atoms with Crippen molar-refractivity contribution in [3.8, 4) is 5.75 Å². The quantitative estimate of drug-likeness (QED) is 0.411. The Morgan fingerprint density at radius 3 is 2.25 bits per heavy atom. The molecular formula is C14H18N4O6. The predicted octanol–water partition coefficient (Wildman–Crippen LogP) is 0.279. The Bertz CT molecular complexity index is 680. The molecule has 0 aliphatic carbocycles. The van der Waals surface area contributed by atoms with Gasteiger partial charge in [-0.1, -0.05) is 0 Å². The predicted molar refractivity (Wildman–Crippen MR) is 83.2 cm³/mol. The van der Waals surface area contributed by atoms with Gasteiger partial charge < -0.3 is 10.1 Å². The van der Waals surface area contributed by atoms with Gasteiger partial charge >= 0.3 is 17.5 Å². The molecule has 1 aromatic rings. The van der Waals surface area contributed by atoms with Gasteiger partial charge in [-0.25, -0.2) is 0 Å². The molecule has 1 rings (SSSR count).